The van der Waals surface area contributed by atoms with Crippen LogP contribution in [0.25, 0.3) is 17.3 Å². The molecule has 0 aliphatic carbocycles. The second-order valence-corrected chi connectivity index (χ2v) is 6.72. The number of nitrogen functional groups attached to an aromatic ring is 1. The van der Waals surface area contributed by atoms with Crippen molar-refractivity contribution in [1.29, 1.82) is 0 Å². The quantitative estimate of drug-likeness (QED) is 0.655. The highest BCUT2D eigenvalue weighted by Crippen LogP contribution is 2.35. The van der Waals surface area contributed by atoms with Crippen molar-refractivity contribution in [2.75, 3.05) is 11.1 Å². The molecule has 0 radical (unpaired) electrons. The Morgan fingerprint density at radius 2 is 2.00 bits per heavy atom. The Labute approximate surface area is 152 Å². The number of nitrogens with zero attached hydrogens (tertiary/aromatic N) is 1. The molecule has 5 nitrogen and oxygen atoms in total. The lowest BCUT2D eigenvalue weighted by atomic mass is 10.1. The molecule has 0 unspecified atom stereocenters. The molecule has 25 heavy (non-hydrogen) atoms. The SMILES string of the molecule is Nc1nc(-c2ccc3c(c2)NC(=O)/C(=C\c2ccc(Cl)cc2)O3)cs1. The van der Waals surface area contributed by atoms with E-state index in [9.17, 15) is 4.79 Å². The number of rotatable bonds is 2. The molecular formula is C18H12ClN3O2S. The van der Waals surface area contributed by atoms with Crippen LogP contribution in [0.2, 0.25) is 5.02 Å². The van der Waals surface area contributed by atoms with E-state index in [0.29, 0.717) is 21.6 Å². The average Bonchev–Trinajstić information content (AvgIpc) is 3.03. The van der Waals surface area contributed by atoms with Crippen LogP contribution < -0.4 is 15.8 Å². The van der Waals surface area contributed by atoms with Crippen LogP contribution in [0.1, 0.15) is 5.56 Å². The van der Waals surface area contributed by atoms with Gasteiger partial charge in [0.15, 0.2) is 16.6 Å². The van der Waals surface area contributed by atoms with E-state index in [0.717, 1.165) is 16.8 Å². The molecule has 3 N–H and O–H groups in total. The zero-order chi connectivity index (χ0) is 17.4. The zero-order valence-electron chi connectivity index (χ0n) is 12.8. The fraction of sp³-hybridized carbons (Fsp3) is 0. The van der Waals surface area contributed by atoms with E-state index >= 15 is 0 Å². The van der Waals surface area contributed by atoms with Crippen molar-refractivity contribution in [1.82, 2.24) is 4.98 Å². The third-order valence-corrected chi connectivity index (χ3v) is 4.58. The lowest BCUT2D eigenvalue weighted by molar-refractivity contribution is -0.115. The van der Waals surface area contributed by atoms with Gasteiger partial charge < -0.3 is 15.8 Å². The first-order chi connectivity index (χ1) is 12.1. The van der Waals surface area contributed by atoms with E-state index in [1.807, 2.05) is 29.6 Å². The highest BCUT2D eigenvalue weighted by Gasteiger charge is 2.22. The summed E-state index contributed by atoms with van der Waals surface area (Å²) in [6.07, 6.45) is 1.67. The van der Waals surface area contributed by atoms with E-state index in [1.165, 1.54) is 11.3 Å². The van der Waals surface area contributed by atoms with Crippen LogP contribution in [-0.2, 0) is 4.79 Å². The van der Waals surface area contributed by atoms with Gasteiger partial charge in [-0.05, 0) is 42.0 Å². The van der Waals surface area contributed by atoms with Crippen molar-refractivity contribution in [3.05, 3.63) is 64.2 Å². The van der Waals surface area contributed by atoms with Gasteiger partial charge in [-0.1, -0.05) is 23.7 Å². The van der Waals surface area contributed by atoms with Crippen molar-refractivity contribution >= 4 is 45.7 Å². The molecule has 4 rings (SSSR count). The number of halogens is 1. The molecule has 1 aliphatic rings. The van der Waals surface area contributed by atoms with Gasteiger partial charge in [0.05, 0.1) is 11.4 Å². The Balaban J connectivity index is 1.64. The van der Waals surface area contributed by atoms with Crippen LogP contribution in [0.4, 0.5) is 10.8 Å². The van der Waals surface area contributed by atoms with Crippen LogP contribution >= 0.6 is 22.9 Å². The average molecular weight is 370 g/mol. The van der Waals surface area contributed by atoms with Crippen molar-refractivity contribution in [3.8, 4) is 17.0 Å². The molecule has 0 bridgehead atoms. The minimum absolute atomic E-state index is 0.223. The predicted octanol–water partition coefficient (Wildman–Crippen LogP) is 4.42. The van der Waals surface area contributed by atoms with Gasteiger partial charge in [0, 0.05) is 16.0 Å². The summed E-state index contributed by atoms with van der Waals surface area (Å²) in [7, 11) is 0. The molecule has 1 aliphatic heterocycles. The maximum atomic E-state index is 12.3. The number of thiazole rings is 1. The number of benzene rings is 2. The minimum atomic E-state index is -0.308. The number of fused-ring (bicyclic) bond motifs is 1. The number of anilines is 2. The molecule has 7 heteroatoms. The number of amides is 1. The van der Waals surface area contributed by atoms with Crippen molar-refractivity contribution < 1.29 is 9.53 Å². The molecule has 3 aromatic rings. The van der Waals surface area contributed by atoms with E-state index in [4.69, 9.17) is 22.1 Å². The summed E-state index contributed by atoms with van der Waals surface area (Å²) < 4.78 is 5.75. The fourth-order valence-electron chi connectivity index (χ4n) is 2.45. The molecule has 0 saturated heterocycles. The molecule has 0 spiro atoms. The van der Waals surface area contributed by atoms with Gasteiger partial charge in [0.2, 0.25) is 0 Å². The Morgan fingerprint density at radius 1 is 1.20 bits per heavy atom. The summed E-state index contributed by atoms with van der Waals surface area (Å²) >= 11 is 7.24. The first-order valence-electron chi connectivity index (χ1n) is 7.40. The number of carbonyl (C=O) groups is 1. The third kappa shape index (κ3) is 3.22. The largest absolute Gasteiger partial charge is 0.449 e. The second kappa shape index (κ2) is 6.23. The monoisotopic (exact) mass is 369 g/mol. The number of ether oxygens (including phenoxy) is 1. The summed E-state index contributed by atoms with van der Waals surface area (Å²) in [6.45, 7) is 0. The van der Waals surface area contributed by atoms with E-state index in [2.05, 4.69) is 10.3 Å². The predicted molar refractivity (Wildman–Crippen MR) is 101 cm³/mol. The molecule has 1 amide bonds. The summed E-state index contributed by atoms with van der Waals surface area (Å²) in [6, 6.07) is 12.7. The van der Waals surface area contributed by atoms with Crippen LogP contribution in [0.3, 0.4) is 0 Å². The molecule has 0 atom stereocenters. The number of nitrogens with two attached hydrogens (primary N) is 1. The Hall–Kier alpha value is -2.83. The smallest absolute Gasteiger partial charge is 0.291 e. The van der Waals surface area contributed by atoms with E-state index < -0.39 is 0 Å². The summed E-state index contributed by atoms with van der Waals surface area (Å²) in [5.41, 5.74) is 8.73. The molecule has 2 heterocycles. The Morgan fingerprint density at radius 3 is 2.72 bits per heavy atom. The Kier molecular flexibility index (Phi) is 3.91. The van der Waals surface area contributed by atoms with Crippen molar-refractivity contribution in [2.45, 2.75) is 0 Å². The van der Waals surface area contributed by atoms with Crippen LogP contribution in [0.15, 0.2) is 53.6 Å². The number of nitrogens with one attached hydrogen (secondary N) is 1. The van der Waals surface area contributed by atoms with Gasteiger partial charge in [0.25, 0.3) is 5.91 Å². The topological polar surface area (TPSA) is 77.2 Å². The van der Waals surface area contributed by atoms with Gasteiger partial charge in [-0.3, -0.25) is 4.79 Å². The van der Waals surface area contributed by atoms with E-state index in [1.54, 1.807) is 24.3 Å². The maximum absolute atomic E-state index is 12.3. The summed E-state index contributed by atoms with van der Waals surface area (Å²) in [5, 5.41) is 5.85. The van der Waals surface area contributed by atoms with Crippen molar-refractivity contribution in [2.24, 2.45) is 0 Å². The normalized spacial score (nSPS) is 14.8. The van der Waals surface area contributed by atoms with Gasteiger partial charge >= 0.3 is 0 Å². The summed E-state index contributed by atoms with van der Waals surface area (Å²) in [4.78, 5) is 16.6. The molecule has 1 aromatic heterocycles. The highest BCUT2D eigenvalue weighted by atomic mass is 35.5. The van der Waals surface area contributed by atoms with Crippen LogP contribution in [0, 0.1) is 0 Å². The van der Waals surface area contributed by atoms with Crippen LogP contribution in [-0.4, -0.2) is 10.9 Å². The fourth-order valence-corrected chi connectivity index (χ4v) is 3.15. The second-order valence-electron chi connectivity index (χ2n) is 5.40. The van der Waals surface area contributed by atoms with Gasteiger partial charge in [-0.15, -0.1) is 11.3 Å². The molecule has 0 saturated carbocycles. The van der Waals surface area contributed by atoms with Gasteiger partial charge in [-0.25, -0.2) is 4.98 Å². The summed E-state index contributed by atoms with van der Waals surface area (Å²) in [5.74, 6) is 0.490. The lowest BCUT2D eigenvalue weighted by Gasteiger charge is -2.20. The molecule has 0 fully saturated rings. The number of hydrogen-bond donors (Lipinski definition) is 2. The lowest BCUT2D eigenvalue weighted by Crippen LogP contribution is -2.23. The number of aromatic nitrogens is 1. The minimum Gasteiger partial charge on any atom is -0.449 e. The first-order valence-corrected chi connectivity index (χ1v) is 8.66. The van der Waals surface area contributed by atoms with Crippen molar-refractivity contribution in [3.63, 3.8) is 0 Å². The van der Waals surface area contributed by atoms with E-state index in [-0.39, 0.29) is 11.7 Å². The first kappa shape index (κ1) is 15.7. The molecule has 124 valence electrons. The third-order valence-electron chi connectivity index (χ3n) is 3.66. The highest BCUT2D eigenvalue weighted by molar-refractivity contribution is 7.13. The Bertz CT molecular complexity index is 996. The van der Waals surface area contributed by atoms with Gasteiger partial charge in [0.1, 0.15) is 0 Å². The number of carbonyl (C=O) groups excluding carboxylic acids is 1. The molecular weight excluding hydrogens is 358 g/mol. The molecule has 2 aromatic carbocycles. The maximum Gasteiger partial charge on any atom is 0.291 e. The standard InChI is InChI=1S/C18H12ClN3O2S/c19-12-4-1-10(2-5-12)7-16-17(23)21-13-8-11(3-6-15(13)24-16)14-9-25-18(20)22-14/h1-9H,(H2,20,22)(H,21,23)/b16-7+. The zero-order valence-corrected chi connectivity index (χ0v) is 14.4. The van der Waals surface area contributed by atoms with Crippen LogP contribution in [0.5, 0.6) is 5.75 Å². The van der Waals surface area contributed by atoms with Gasteiger partial charge in [-0.2, -0.15) is 0 Å². The number of hydrogen-bond acceptors (Lipinski definition) is 5.